The van der Waals surface area contributed by atoms with Gasteiger partial charge < -0.3 is 0 Å². The molecular formula is C22H18N2. The average Bonchev–Trinajstić information content (AvgIpc) is 2.65. The van der Waals surface area contributed by atoms with Gasteiger partial charge in [-0.15, -0.1) is 0 Å². The second kappa shape index (κ2) is 6.17. The fourth-order valence-corrected chi connectivity index (χ4v) is 3.04. The van der Waals surface area contributed by atoms with Crippen LogP contribution in [0.2, 0.25) is 0 Å². The van der Waals surface area contributed by atoms with E-state index in [2.05, 4.69) is 71.8 Å². The van der Waals surface area contributed by atoms with Gasteiger partial charge >= 0.3 is 0 Å². The van der Waals surface area contributed by atoms with Gasteiger partial charge in [-0.1, -0.05) is 66.7 Å². The molecule has 0 saturated heterocycles. The molecule has 0 aromatic heterocycles. The number of rotatable bonds is 3. The van der Waals surface area contributed by atoms with Crippen LogP contribution in [0.3, 0.4) is 0 Å². The fraction of sp³-hybridized carbons (Fsp3) is 0.0455. The van der Waals surface area contributed by atoms with E-state index in [-0.39, 0.29) is 0 Å². The quantitative estimate of drug-likeness (QED) is 0.278. The molecule has 24 heavy (non-hydrogen) atoms. The van der Waals surface area contributed by atoms with Crippen molar-refractivity contribution in [1.82, 2.24) is 0 Å². The summed E-state index contributed by atoms with van der Waals surface area (Å²) in [6.07, 6.45) is 1.97. The summed E-state index contributed by atoms with van der Waals surface area (Å²) < 4.78 is 0. The number of para-hydroxylation sites is 1. The Labute approximate surface area is 141 Å². The topological polar surface area (TPSA) is 15.6 Å². The summed E-state index contributed by atoms with van der Waals surface area (Å²) in [7, 11) is 1.97. The van der Waals surface area contributed by atoms with E-state index in [1.807, 2.05) is 36.5 Å². The maximum Gasteiger partial charge on any atom is 0.0590 e. The molecule has 0 saturated carbocycles. The Bertz CT molecular complexity index is 966. The molecule has 0 amide bonds. The predicted molar refractivity (Wildman–Crippen MR) is 104 cm³/mol. The van der Waals surface area contributed by atoms with Crippen molar-refractivity contribution in [3.8, 4) is 0 Å². The molecule has 4 aromatic carbocycles. The van der Waals surface area contributed by atoms with Gasteiger partial charge in [0.25, 0.3) is 0 Å². The van der Waals surface area contributed by atoms with Crippen molar-refractivity contribution >= 4 is 33.4 Å². The van der Waals surface area contributed by atoms with Crippen molar-refractivity contribution in [2.45, 2.75) is 0 Å². The SMILES string of the molecule is CN(N=Cc1c2ccccc2cc2ccccc12)c1ccccc1. The Kier molecular flexibility index (Phi) is 3.72. The highest BCUT2D eigenvalue weighted by molar-refractivity contribution is 6.13. The largest absolute Gasteiger partial charge is 0.269 e. The van der Waals surface area contributed by atoms with Gasteiger partial charge in [0.1, 0.15) is 0 Å². The van der Waals surface area contributed by atoms with Crippen molar-refractivity contribution in [1.29, 1.82) is 0 Å². The Morgan fingerprint density at radius 2 is 1.25 bits per heavy atom. The third-order valence-corrected chi connectivity index (χ3v) is 4.30. The van der Waals surface area contributed by atoms with Gasteiger partial charge in [0, 0.05) is 12.6 Å². The fourth-order valence-electron chi connectivity index (χ4n) is 3.04. The Morgan fingerprint density at radius 3 is 1.88 bits per heavy atom. The molecule has 0 atom stereocenters. The Morgan fingerprint density at radius 1 is 0.708 bits per heavy atom. The highest BCUT2D eigenvalue weighted by Gasteiger charge is 2.06. The summed E-state index contributed by atoms with van der Waals surface area (Å²) in [5.41, 5.74) is 2.23. The van der Waals surface area contributed by atoms with Crippen LogP contribution in [0.1, 0.15) is 5.56 Å². The standard InChI is InChI=1S/C22H18N2/c1-24(19-11-3-2-4-12-19)23-16-22-20-13-7-5-9-17(20)15-18-10-6-8-14-21(18)22/h2-16H,1H3. The third-order valence-electron chi connectivity index (χ3n) is 4.30. The van der Waals surface area contributed by atoms with E-state index in [1.54, 1.807) is 0 Å². The number of nitrogens with zero attached hydrogens (tertiary/aromatic N) is 2. The first-order valence-corrected chi connectivity index (χ1v) is 8.06. The lowest BCUT2D eigenvalue weighted by atomic mass is 9.97. The highest BCUT2D eigenvalue weighted by Crippen LogP contribution is 2.27. The molecule has 0 N–H and O–H groups in total. The molecule has 0 unspecified atom stereocenters. The number of hydrogen-bond acceptors (Lipinski definition) is 2. The number of hydrogen-bond donors (Lipinski definition) is 0. The average molecular weight is 310 g/mol. The summed E-state index contributed by atoms with van der Waals surface area (Å²) >= 11 is 0. The van der Waals surface area contributed by atoms with Gasteiger partial charge in [-0.25, -0.2) is 0 Å². The summed E-state index contributed by atoms with van der Waals surface area (Å²) in [5, 5.41) is 11.5. The van der Waals surface area contributed by atoms with Crippen molar-refractivity contribution in [2.24, 2.45) is 5.10 Å². The van der Waals surface area contributed by atoms with Crippen LogP contribution in [0.4, 0.5) is 5.69 Å². The normalized spacial score (nSPS) is 11.4. The molecular weight excluding hydrogens is 292 g/mol. The molecule has 0 bridgehead atoms. The molecule has 0 aliphatic heterocycles. The van der Waals surface area contributed by atoms with E-state index < -0.39 is 0 Å². The van der Waals surface area contributed by atoms with Crippen LogP contribution < -0.4 is 5.01 Å². The van der Waals surface area contributed by atoms with E-state index >= 15 is 0 Å². The third kappa shape index (κ3) is 2.63. The van der Waals surface area contributed by atoms with Gasteiger partial charge in [0.2, 0.25) is 0 Å². The zero-order valence-corrected chi connectivity index (χ0v) is 13.6. The van der Waals surface area contributed by atoms with Crippen LogP contribution in [-0.2, 0) is 0 Å². The summed E-state index contributed by atoms with van der Waals surface area (Å²) in [4.78, 5) is 0. The minimum absolute atomic E-state index is 1.07. The first kappa shape index (κ1) is 14.5. The molecule has 2 heteroatoms. The Balaban J connectivity index is 1.86. The minimum Gasteiger partial charge on any atom is -0.269 e. The van der Waals surface area contributed by atoms with E-state index in [1.165, 1.54) is 21.5 Å². The predicted octanol–water partition coefficient (Wildman–Crippen LogP) is 5.46. The molecule has 4 aromatic rings. The lowest BCUT2D eigenvalue weighted by molar-refractivity contribution is 1.02. The molecule has 0 radical (unpaired) electrons. The van der Waals surface area contributed by atoms with Crippen LogP contribution in [0.15, 0.2) is 90.0 Å². The van der Waals surface area contributed by atoms with E-state index in [0.717, 1.165) is 11.3 Å². The van der Waals surface area contributed by atoms with Crippen molar-refractivity contribution < 1.29 is 0 Å². The first-order valence-electron chi connectivity index (χ1n) is 8.06. The smallest absolute Gasteiger partial charge is 0.0590 e. The summed E-state index contributed by atoms with van der Waals surface area (Å²) in [6.45, 7) is 0. The molecule has 0 spiro atoms. The monoisotopic (exact) mass is 310 g/mol. The van der Waals surface area contributed by atoms with Crippen LogP contribution in [-0.4, -0.2) is 13.3 Å². The molecule has 0 heterocycles. The van der Waals surface area contributed by atoms with Crippen molar-refractivity contribution in [3.63, 3.8) is 0 Å². The van der Waals surface area contributed by atoms with Gasteiger partial charge in [-0.3, -0.25) is 5.01 Å². The van der Waals surface area contributed by atoms with Crippen LogP contribution >= 0.6 is 0 Å². The molecule has 0 aliphatic carbocycles. The maximum atomic E-state index is 4.67. The maximum absolute atomic E-state index is 4.67. The zero-order chi connectivity index (χ0) is 16.4. The van der Waals surface area contributed by atoms with Crippen molar-refractivity contribution in [3.05, 3.63) is 90.5 Å². The number of anilines is 1. The number of hydrazone groups is 1. The molecule has 2 nitrogen and oxygen atoms in total. The first-order chi connectivity index (χ1) is 11.8. The Hall–Kier alpha value is -3.13. The van der Waals surface area contributed by atoms with Gasteiger partial charge in [-0.2, -0.15) is 5.10 Å². The van der Waals surface area contributed by atoms with Crippen LogP contribution in [0, 0.1) is 0 Å². The molecule has 4 rings (SSSR count). The number of fused-ring (bicyclic) bond motifs is 2. The lowest BCUT2D eigenvalue weighted by Crippen LogP contribution is -2.08. The van der Waals surface area contributed by atoms with E-state index in [4.69, 9.17) is 0 Å². The van der Waals surface area contributed by atoms with Gasteiger partial charge in [0.05, 0.1) is 11.9 Å². The summed E-state index contributed by atoms with van der Waals surface area (Å²) in [6, 6.07) is 29.3. The van der Waals surface area contributed by atoms with Crippen LogP contribution in [0.25, 0.3) is 21.5 Å². The van der Waals surface area contributed by atoms with Crippen LogP contribution in [0.5, 0.6) is 0 Å². The van der Waals surface area contributed by atoms with Gasteiger partial charge in [-0.05, 0) is 39.7 Å². The molecule has 0 aliphatic rings. The second-order valence-electron chi connectivity index (χ2n) is 5.84. The zero-order valence-electron chi connectivity index (χ0n) is 13.6. The van der Waals surface area contributed by atoms with E-state index in [0.29, 0.717) is 0 Å². The minimum atomic E-state index is 1.07. The molecule has 116 valence electrons. The van der Waals surface area contributed by atoms with E-state index in [9.17, 15) is 0 Å². The molecule has 0 fully saturated rings. The highest BCUT2D eigenvalue weighted by atomic mass is 15.4. The lowest BCUT2D eigenvalue weighted by Gasteiger charge is -2.13. The van der Waals surface area contributed by atoms with Gasteiger partial charge in [0.15, 0.2) is 0 Å². The number of benzene rings is 4. The summed E-state index contributed by atoms with van der Waals surface area (Å²) in [5.74, 6) is 0. The van der Waals surface area contributed by atoms with Crippen molar-refractivity contribution in [2.75, 3.05) is 12.1 Å². The second-order valence-corrected chi connectivity index (χ2v) is 5.84.